The van der Waals surface area contributed by atoms with Gasteiger partial charge in [-0.15, -0.1) is 0 Å². The van der Waals surface area contributed by atoms with E-state index in [1.807, 2.05) is 6.92 Å². The summed E-state index contributed by atoms with van der Waals surface area (Å²) >= 11 is 5.96. The second-order valence-electron chi connectivity index (χ2n) is 4.31. The van der Waals surface area contributed by atoms with Gasteiger partial charge in [-0.05, 0) is 43.7 Å². The first-order valence-electron chi connectivity index (χ1n) is 6.38. The van der Waals surface area contributed by atoms with Gasteiger partial charge in [-0.2, -0.15) is 0 Å². The standard InChI is InChI=1S/C15H15ClN2O3/c1-3-20-15(19)11-6-7-18-14(13(11)17)21-10-4-5-12(16)9(2)8-10/h4-8H,3,17H2,1-2H3. The monoisotopic (exact) mass is 306 g/mol. The minimum atomic E-state index is -0.505. The molecule has 110 valence electrons. The molecule has 1 heterocycles. The van der Waals surface area contributed by atoms with Crippen molar-refractivity contribution >= 4 is 23.3 Å². The highest BCUT2D eigenvalue weighted by Crippen LogP contribution is 2.30. The molecule has 1 aromatic heterocycles. The van der Waals surface area contributed by atoms with E-state index in [9.17, 15) is 4.79 Å². The van der Waals surface area contributed by atoms with Crippen molar-refractivity contribution in [3.8, 4) is 11.6 Å². The molecule has 1 aromatic carbocycles. The van der Waals surface area contributed by atoms with Crippen molar-refractivity contribution in [3.05, 3.63) is 46.6 Å². The van der Waals surface area contributed by atoms with E-state index in [1.165, 1.54) is 12.3 Å². The quantitative estimate of drug-likeness (QED) is 0.874. The van der Waals surface area contributed by atoms with Crippen LogP contribution in [0.2, 0.25) is 5.02 Å². The molecule has 0 bridgehead atoms. The summed E-state index contributed by atoms with van der Waals surface area (Å²) in [5, 5.41) is 0.642. The number of hydrogen-bond acceptors (Lipinski definition) is 5. The fourth-order valence-electron chi connectivity index (χ4n) is 1.71. The summed E-state index contributed by atoms with van der Waals surface area (Å²) in [4.78, 5) is 15.8. The molecular weight excluding hydrogens is 292 g/mol. The van der Waals surface area contributed by atoms with Crippen molar-refractivity contribution < 1.29 is 14.3 Å². The van der Waals surface area contributed by atoms with E-state index in [0.717, 1.165) is 5.56 Å². The Bertz CT molecular complexity index is 674. The van der Waals surface area contributed by atoms with Crippen LogP contribution in [0.3, 0.4) is 0 Å². The van der Waals surface area contributed by atoms with E-state index in [0.29, 0.717) is 10.8 Å². The predicted molar refractivity (Wildman–Crippen MR) is 80.9 cm³/mol. The van der Waals surface area contributed by atoms with Crippen LogP contribution in [0.4, 0.5) is 5.69 Å². The minimum absolute atomic E-state index is 0.142. The maximum absolute atomic E-state index is 11.8. The maximum atomic E-state index is 11.8. The second-order valence-corrected chi connectivity index (χ2v) is 4.72. The van der Waals surface area contributed by atoms with Crippen molar-refractivity contribution in [1.29, 1.82) is 0 Å². The van der Waals surface area contributed by atoms with E-state index in [1.54, 1.807) is 25.1 Å². The number of aromatic nitrogens is 1. The Balaban J connectivity index is 2.30. The van der Waals surface area contributed by atoms with Gasteiger partial charge in [0.25, 0.3) is 0 Å². The maximum Gasteiger partial charge on any atom is 0.340 e. The van der Waals surface area contributed by atoms with Crippen LogP contribution >= 0.6 is 11.6 Å². The Morgan fingerprint density at radius 3 is 2.81 bits per heavy atom. The zero-order valence-electron chi connectivity index (χ0n) is 11.7. The van der Waals surface area contributed by atoms with E-state index in [-0.39, 0.29) is 23.7 Å². The molecule has 0 radical (unpaired) electrons. The third-order valence-electron chi connectivity index (χ3n) is 2.79. The zero-order valence-corrected chi connectivity index (χ0v) is 12.5. The SMILES string of the molecule is CCOC(=O)c1ccnc(Oc2ccc(Cl)c(C)c2)c1N. The van der Waals surface area contributed by atoms with Gasteiger partial charge in [0.2, 0.25) is 5.88 Å². The number of carbonyl (C=O) groups is 1. The Morgan fingerprint density at radius 2 is 2.14 bits per heavy atom. The first-order valence-corrected chi connectivity index (χ1v) is 6.76. The van der Waals surface area contributed by atoms with Gasteiger partial charge < -0.3 is 15.2 Å². The molecule has 21 heavy (non-hydrogen) atoms. The molecule has 0 fully saturated rings. The number of halogens is 1. The zero-order chi connectivity index (χ0) is 15.4. The number of anilines is 1. The Kier molecular flexibility index (Phi) is 4.65. The lowest BCUT2D eigenvalue weighted by Gasteiger charge is -2.11. The summed E-state index contributed by atoms with van der Waals surface area (Å²) in [6, 6.07) is 6.68. The van der Waals surface area contributed by atoms with E-state index in [4.69, 9.17) is 26.8 Å². The Hall–Kier alpha value is -2.27. The van der Waals surface area contributed by atoms with Gasteiger partial charge in [-0.25, -0.2) is 9.78 Å². The minimum Gasteiger partial charge on any atom is -0.462 e. The van der Waals surface area contributed by atoms with Crippen LogP contribution in [0.1, 0.15) is 22.8 Å². The lowest BCUT2D eigenvalue weighted by Crippen LogP contribution is -2.09. The van der Waals surface area contributed by atoms with Crippen LogP contribution in [-0.2, 0) is 4.74 Å². The molecule has 2 N–H and O–H groups in total. The number of nitrogens with two attached hydrogens (primary N) is 1. The summed E-state index contributed by atoms with van der Waals surface area (Å²) in [7, 11) is 0. The molecular formula is C15H15ClN2O3. The van der Waals surface area contributed by atoms with E-state index in [2.05, 4.69) is 4.98 Å². The van der Waals surface area contributed by atoms with Gasteiger partial charge in [0.15, 0.2) is 0 Å². The summed E-state index contributed by atoms with van der Waals surface area (Å²) in [6.07, 6.45) is 1.45. The van der Waals surface area contributed by atoms with Crippen LogP contribution < -0.4 is 10.5 Å². The molecule has 5 nitrogen and oxygen atoms in total. The Labute approximate surface area is 127 Å². The van der Waals surface area contributed by atoms with E-state index >= 15 is 0 Å². The van der Waals surface area contributed by atoms with Gasteiger partial charge in [0.1, 0.15) is 11.4 Å². The molecule has 2 aromatic rings. The van der Waals surface area contributed by atoms with Crippen LogP contribution in [0.25, 0.3) is 0 Å². The number of ether oxygens (including phenoxy) is 2. The number of nitrogen functional groups attached to an aromatic ring is 1. The second kappa shape index (κ2) is 6.45. The molecule has 0 unspecified atom stereocenters. The predicted octanol–water partition coefficient (Wildman–Crippen LogP) is 3.59. The van der Waals surface area contributed by atoms with E-state index < -0.39 is 5.97 Å². The number of pyridine rings is 1. The highest BCUT2D eigenvalue weighted by atomic mass is 35.5. The fraction of sp³-hybridized carbons (Fsp3) is 0.200. The van der Waals surface area contributed by atoms with Crippen molar-refractivity contribution in [2.24, 2.45) is 0 Å². The first-order chi connectivity index (χ1) is 10.0. The van der Waals surface area contributed by atoms with Gasteiger partial charge in [0.05, 0.1) is 12.2 Å². The molecule has 0 atom stereocenters. The molecule has 6 heteroatoms. The highest BCUT2D eigenvalue weighted by Gasteiger charge is 2.16. The van der Waals surface area contributed by atoms with Gasteiger partial charge in [-0.3, -0.25) is 0 Å². The molecule has 0 saturated carbocycles. The number of aryl methyl sites for hydroxylation is 1. The van der Waals surface area contributed by atoms with Gasteiger partial charge in [0, 0.05) is 11.2 Å². The number of nitrogens with zero attached hydrogens (tertiary/aromatic N) is 1. The van der Waals surface area contributed by atoms with Crippen LogP contribution in [-0.4, -0.2) is 17.6 Å². The number of hydrogen-bond donors (Lipinski definition) is 1. The number of carbonyl (C=O) groups excluding carboxylic acids is 1. The summed E-state index contributed by atoms with van der Waals surface area (Å²) in [6.45, 7) is 3.86. The first kappa shape index (κ1) is 15.1. The van der Waals surface area contributed by atoms with Gasteiger partial charge in [-0.1, -0.05) is 11.6 Å². The molecule has 0 aliphatic carbocycles. The number of rotatable bonds is 4. The molecule has 0 amide bonds. The average Bonchev–Trinajstić information content (AvgIpc) is 2.45. The normalized spacial score (nSPS) is 10.2. The third-order valence-corrected chi connectivity index (χ3v) is 3.22. The van der Waals surface area contributed by atoms with Crippen molar-refractivity contribution in [3.63, 3.8) is 0 Å². The number of esters is 1. The van der Waals surface area contributed by atoms with Crippen molar-refractivity contribution in [1.82, 2.24) is 4.98 Å². The molecule has 0 aliphatic heterocycles. The van der Waals surface area contributed by atoms with Crippen LogP contribution in [0.15, 0.2) is 30.5 Å². The van der Waals surface area contributed by atoms with Crippen LogP contribution in [0, 0.1) is 6.92 Å². The number of benzene rings is 1. The average molecular weight is 307 g/mol. The molecule has 0 spiro atoms. The highest BCUT2D eigenvalue weighted by molar-refractivity contribution is 6.31. The summed E-state index contributed by atoms with van der Waals surface area (Å²) in [5.41, 5.74) is 7.16. The topological polar surface area (TPSA) is 74.4 Å². The molecule has 0 saturated heterocycles. The molecule has 2 rings (SSSR count). The van der Waals surface area contributed by atoms with Crippen LogP contribution in [0.5, 0.6) is 11.6 Å². The summed E-state index contributed by atoms with van der Waals surface area (Å²) in [5.74, 6) is 0.189. The largest absolute Gasteiger partial charge is 0.462 e. The summed E-state index contributed by atoms with van der Waals surface area (Å²) < 4.78 is 10.5. The lowest BCUT2D eigenvalue weighted by atomic mass is 10.2. The molecule has 0 aliphatic rings. The van der Waals surface area contributed by atoms with Gasteiger partial charge >= 0.3 is 5.97 Å². The third kappa shape index (κ3) is 3.44. The lowest BCUT2D eigenvalue weighted by molar-refractivity contribution is 0.0527. The fourth-order valence-corrected chi connectivity index (χ4v) is 1.83. The Morgan fingerprint density at radius 1 is 1.38 bits per heavy atom. The van der Waals surface area contributed by atoms with Crippen molar-refractivity contribution in [2.75, 3.05) is 12.3 Å². The van der Waals surface area contributed by atoms with Crippen molar-refractivity contribution in [2.45, 2.75) is 13.8 Å². The smallest absolute Gasteiger partial charge is 0.340 e.